The Morgan fingerprint density at radius 3 is 2.55 bits per heavy atom. The number of primary amides is 1. The molecule has 0 aliphatic carbocycles. The highest BCUT2D eigenvalue weighted by Crippen LogP contribution is 2.22. The van der Waals surface area contributed by atoms with E-state index in [1.807, 2.05) is 32.0 Å². The first-order valence-corrected chi connectivity index (χ1v) is 11.7. The Balaban J connectivity index is 1.84. The fourth-order valence-electron chi connectivity index (χ4n) is 3.10. The van der Waals surface area contributed by atoms with Crippen molar-refractivity contribution in [3.05, 3.63) is 64.9 Å². The molecule has 0 aliphatic rings. The van der Waals surface area contributed by atoms with Crippen LogP contribution in [0.5, 0.6) is 0 Å². The standard InChI is InChI=1S/C21H24ClN5O3S/c1-13(2)19(20(23)28)27-21-16-8-3-4-9-17(16)25-18(26-21)11-24-31(29,30)12-14-6-5-7-15(22)10-14/h3-10,13,19,24H,11-12H2,1-2H3,(H2,23,28)(H,25,26,27)/t19-/m0/s1. The lowest BCUT2D eigenvalue weighted by Crippen LogP contribution is -2.40. The van der Waals surface area contributed by atoms with Gasteiger partial charge in [-0.05, 0) is 35.7 Å². The minimum atomic E-state index is -3.65. The molecule has 0 saturated heterocycles. The maximum atomic E-state index is 12.5. The number of halogens is 1. The topological polar surface area (TPSA) is 127 Å². The zero-order chi connectivity index (χ0) is 22.6. The van der Waals surface area contributed by atoms with Crippen molar-refractivity contribution < 1.29 is 13.2 Å². The van der Waals surface area contributed by atoms with Crippen LogP contribution in [0.25, 0.3) is 10.9 Å². The highest BCUT2D eigenvalue weighted by Gasteiger charge is 2.21. The van der Waals surface area contributed by atoms with Crippen LogP contribution in [0, 0.1) is 5.92 Å². The van der Waals surface area contributed by atoms with E-state index < -0.39 is 22.0 Å². The smallest absolute Gasteiger partial charge is 0.240 e. The molecule has 164 valence electrons. The number of hydrogen-bond donors (Lipinski definition) is 3. The fourth-order valence-corrected chi connectivity index (χ4v) is 4.38. The van der Waals surface area contributed by atoms with Gasteiger partial charge in [0.1, 0.15) is 17.7 Å². The first-order valence-electron chi connectivity index (χ1n) is 9.68. The summed E-state index contributed by atoms with van der Waals surface area (Å²) in [5, 5.41) is 4.26. The van der Waals surface area contributed by atoms with E-state index in [4.69, 9.17) is 17.3 Å². The van der Waals surface area contributed by atoms with Gasteiger partial charge in [0.15, 0.2) is 0 Å². The van der Waals surface area contributed by atoms with Crippen LogP contribution in [0.15, 0.2) is 48.5 Å². The van der Waals surface area contributed by atoms with E-state index >= 15 is 0 Å². The largest absolute Gasteiger partial charge is 0.368 e. The van der Waals surface area contributed by atoms with Crippen LogP contribution in [-0.2, 0) is 27.1 Å². The molecule has 0 aliphatic heterocycles. The van der Waals surface area contributed by atoms with Gasteiger partial charge in [0, 0.05) is 10.4 Å². The van der Waals surface area contributed by atoms with E-state index in [1.165, 1.54) is 0 Å². The molecule has 0 spiro atoms. The van der Waals surface area contributed by atoms with Gasteiger partial charge in [0.05, 0.1) is 17.8 Å². The minimum Gasteiger partial charge on any atom is -0.368 e. The molecule has 4 N–H and O–H groups in total. The number of nitrogens with zero attached hydrogens (tertiary/aromatic N) is 2. The van der Waals surface area contributed by atoms with Crippen LogP contribution >= 0.6 is 11.6 Å². The number of benzene rings is 2. The van der Waals surface area contributed by atoms with E-state index in [1.54, 1.807) is 30.3 Å². The van der Waals surface area contributed by atoms with Gasteiger partial charge < -0.3 is 11.1 Å². The number of aromatic nitrogens is 2. The van der Waals surface area contributed by atoms with Crippen LogP contribution in [0.2, 0.25) is 5.02 Å². The Bertz CT molecular complexity index is 1200. The fraction of sp³-hybridized carbons (Fsp3) is 0.286. The van der Waals surface area contributed by atoms with E-state index in [0.29, 0.717) is 27.3 Å². The third-order valence-electron chi connectivity index (χ3n) is 4.61. The summed E-state index contributed by atoms with van der Waals surface area (Å²) < 4.78 is 27.5. The van der Waals surface area contributed by atoms with E-state index in [2.05, 4.69) is 20.0 Å². The number of hydrogen-bond acceptors (Lipinski definition) is 6. The lowest BCUT2D eigenvalue weighted by Gasteiger charge is -2.21. The Morgan fingerprint density at radius 1 is 1.13 bits per heavy atom. The molecule has 1 heterocycles. The van der Waals surface area contributed by atoms with Crippen molar-refractivity contribution in [1.82, 2.24) is 14.7 Å². The van der Waals surface area contributed by atoms with Crippen LogP contribution < -0.4 is 15.8 Å². The first kappa shape index (κ1) is 22.9. The van der Waals surface area contributed by atoms with E-state index in [9.17, 15) is 13.2 Å². The third kappa shape index (κ3) is 6.13. The predicted molar refractivity (Wildman–Crippen MR) is 122 cm³/mol. The number of nitrogens with one attached hydrogen (secondary N) is 2. The van der Waals surface area contributed by atoms with Crippen LogP contribution in [0.1, 0.15) is 25.2 Å². The molecule has 3 rings (SSSR count). The Kier molecular flexibility index (Phi) is 7.09. The molecule has 1 aromatic heterocycles. The average molecular weight is 462 g/mol. The van der Waals surface area contributed by atoms with Crippen molar-refractivity contribution in [1.29, 1.82) is 0 Å². The SMILES string of the molecule is CC(C)[C@H](Nc1nc(CNS(=O)(=O)Cc2cccc(Cl)c2)nc2ccccc12)C(N)=O. The minimum absolute atomic E-state index is 0.0640. The Morgan fingerprint density at radius 2 is 1.87 bits per heavy atom. The van der Waals surface area contributed by atoms with Gasteiger partial charge in [-0.1, -0.05) is 49.7 Å². The summed E-state index contributed by atoms with van der Waals surface area (Å²) in [6.07, 6.45) is 0. The Labute approximate surface area is 186 Å². The van der Waals surface area contributed by atoms with Crippen LogP contribution in [0.3, 0.4) is 0 Å². The van der Waals surface area contributed by atoms with Crippen LogP contribution in [0.4, 0.5) is 5.82 Å². The number of carbonyl (C=O) groups excluding carboxylic acids is 1. The summed E-state index contributed by atoms with van der Waals surface area (Å²) in [5.41, 5.74) is 6.71. The molecular weight excluding hydrogens is 438 g/mol. The van der Waals surface area contributed by atoms with Crippen molar-refractivity contribution in [3.8, 4) is 0 Å². The second kappa shape index (κ2) is 9.59. The maximum Gasteiger partial charge on any atom is 0.240 e. The number of amides is 1. The zero-order valence-corrected chi connectivity index (χ0v) is 18.7. The number of rotatable bonds is 9. The molecule has 0 radical (unpaired) electrons. The number of fused-ring (bicyclic) bond motifs is 1. The summed E-state index contributed by atoms with van der Waals surface area (Å²) in [6.45, 7) is 3.64. The summed E-state index contributed by atoms with van der Waals surface area (Å²) in [6, 6.07) is 13.3. The number of anilines is 1. The predicted octanol–water partition coefficient (Wildman–Crippen LogP) is 2.82. The Hall–Kier alpha value is -2.75. The molecule has 3 aromatic rings. The molecule has 1 amide bonds. The lowest BCUT2D eigenvalue weighted by atomic mass is 10.0. The quantitative estimate of drug-likeness (QED) is 0.449. The van der Waals surface area contributed by atoms with Gasteiger partial charge in [-0.15, -0.1) is 0 Å². The third-order valence-corrected chi connectivity index (χ3v) is 6.14. The number of para-hydroxylation sites is 1. The zero-order valence-electron chi connectivity index (χ0n) is 17.2. The highest BCUT2D eigenvalue weighted by atomic mass is 35.5. The van der Waals surface area contributed by atoms with E-state index in [-0.39, 0.29) is 24.0 Å². The van der Waals surface area contributed by atoms with Crippen molar-refractivity contribution in [3.63, 3.8) is 0 Å². The molecule has 0 fully saturated rings. The molecular formula is C21H24ClN5O3S. The summed E-state index contributed by atoms with van der Waals surface area (Å²) >= 11 is 5.93. The second-order valence-corrected chi connectivity index (χ2v) is 9.73. The highest BCUT2D eigenvalue weighted by molar-refractivity contribution is 7.88. The van der Waals surface area contributed by atoms with Crippen molar-refractivity contribution >= 4 is 44.3 Å². The summed E-state index contributed by atoms with van der Waals surface area (Å²) in [4.78, 5) is 20.7. The first-order chi connectivity index (χ1) is 14.6. The van der Waals surface area contributed by atoms with Gasteiger partial charge in [0.25, 0.3) is 0 Å². The summed E-state index contributed by atoms with van der Waals surface area (Å²) in [5.74, 6) is -0.0917. The number of carbonyl (C=O) groups is 1. The van der Waals surface area contributed by atoms with Gasteiger partial charge in [-0.2, -0.15) is 0 Å². The molecule has 10 heteroatoms. The molecule has 0 bridgehead atoms. The van der Waals surface area contributed by atoms with Gasteiger partial charge >= 0.3 is 0 Å². The monoisotopic (exact) mass is 461 g/mol. The molecule has 0 unspecified atom stereocenters. The van der Waals surface area contributed by atoms with Gasteiger partial charge in [0.2, 0.25) is 15.9 Å². The van der Waals surface area contributed by atoms with Crippen molar-refractivity contribution in [2.24, 2.45) is 11.7 Å². The van der Waals surface area contributed by atoms with E-state index in [0.717, 1.165) is 0 Å². The molecule has 0 saturated carbocycles. The van der Waals surface area contributed by atoms with Crippen molar-refractivity contribution in [2.45, 2.75) is 32.2 Å². The average Bonchev–Trinajstić information content (AvgIpc) is 2.69. The molecule has 2 aromatic carbocycles. The number of nitrogens with two attached hydrogens (primary N) is 1. The van der Waals surface area contributed by atoms with Crippen LogP contribution in [-0.4, -0.2) is 30.3 Å². The maximum absolute atomic E-state index is 12.5. The molecule has 1 atom stereocenters. The number of sulfonamides is 1. The second-order valence-electron chi connectivity index (χ2n) is 7.48. The molecule has 31 heavy (non-hydrogen) atoms. The lowest BCUT2D eigenvalue weighted by molar-refractivity contribution is -0.119. The molecule has 8 nitrogen and oxygen atoms in total. The van der Waals surface area contributed by atoms with Gasteiger partial charge in [-0.25, -0.2) is 23.1 Å². The van der Waals surface area contributed by atoms with Crippen molar-refractivity contribution in [2.75, 3.05) is 5.32 Å². The normalized spacial score (nSPS) is 12.8. The van der Waals surface area contributed by atoms with Gasteiger partial charge in [-0.3, -0.25) is 4.79 Å². The summed E-state index contributed by atoms with van der Waals surface area (Å²) in [7, 11) is -3.65.